The number of hydroxylamine groups is 1. The molecule has 0 unspecified atom stereocenters. The number of nitriles is 1. The molecule has 0 aliphatic carbocycles. The van der Waals surface area contributed by atoms with Crippen molar-refractivity contribution in [2.24, 2.45) is 21.5 Å². The molecule has 2 rings (SSSR count). The minimum absolute atomic E-state index is 0.0523. The van der Waals surface area contributed by atoms with Crippen molar-refractivity contribution in [3.63, 3.8) is 0 Å². The van der Waals surface area contributed by atoms with Crippen LogP contribution in [0.1, 0.15) is 5.76 Å². The van der Waals surface area contributed by atoms with E-state index >= 15 is 0 Å². The first-order valence-electron chi connectivity index (χ1n) is 6.25. The monoisotopic (exact) mass is 334 g/mol. The first-order valence-corrected chi connectivity index (χ1v) is 7.13. The fourth-order valence-electron chi connectivity index (χ4n) is 1.54. The van der Waals surface area contributed by atoms with Crippen LogP contribution >= 0.6 is 11.3 Å². The van der Waals surface area contributed by atoms with Gasteiger partial charge in [-0.15, -0.1) is 11.3 Å². The maximum absolute atomic E-state index is 8.58. The Labute approximate surface area is 135 Å². The fourth-order valence-corrected chi connectivity index (χ4v) is 2.24. The van der Waals surface area contributed by atoms with Gasteiger partial charge in [0.15, 0.2) is 17.9 Å². The van der Waals surface area contributed by atoms with Crippen LogP contribution in [0.3, 0.4) is 0 Å². The topological polar surface area (TPSA) is 160 Å². The van der Waals surface area contributed by atoms with E-state index in [-0.39, 0.29) is 18.5 Å². The molecule has 0 bridgehead atoms. The Hall–Kier alpha value is -3.10. The third-order valence-corrected chi connectivity index (χ3v) is 3.13. The molecule has 0 saturated carbocycles. The molecule has 2 heterocycles. The molecule has 120 valence electrons. The Morgan fingerprint density at radius 2 is 2.35 bits per heavy atom. The van der Waals surface area contributed by atoms with Gasteiger partial charge in [-0.05, 0) is 12.1 Å². The van der Waals surface area contributed by atoms with E-state index in [1.165, 1.54) is 18.4 Å². The molecule has 10 nitrogen and oxygen atoms in total. The summed E-state index contributed by atoms with van der Waals surface area (Å²) in [6.07, 6.45) is 1.74. The second-order valence-corrected chi connectivity index (χ2v) is 4.86. The van der Waals surface area contributed by atoms with E-state index < -0.39 is 0 Å². The summed E-state index contributed by atoms with van der Waals surface area (Å²) in [5.74, 6) is 1.28. The van der Waals surface area contributed by atoms with Gasteiger partial charge in [-0.2, -0.15) is 10.3 Å². The summed E-state index contributed by atoms with van der Waals surface area (Å²) in [7, 11) is 1.41. The third-order valence-electron chi connectivity index (χ3n) is 2.40. The quantitative estimate of drug-likeness (QED) is 0.201. The molecule has 2 aromatic rings. The largest absolute Gasteiger partial charge is 0.457 e. The predicted molar refractivity (Wildman–Crippen MR) is 85.3 cm³/mol. The molecule has 6 N–H and O–H groups in total. The molecule has 0 atom stereocenters. The highest BCUT2D eigenvalue weighted by Crippen LogP contribution is 2.28. The average molecular weight is 334 g/mol. The van der Waals surface area contributed by atoms with Crippen LogP contribution in [0.5, 0.6) is 0 Å². The minimum atomic E-state index is -0.0523. The number of nitrogens with two attached hydrogens (primary N) is 2. The lowest BCUT2D eigenvalue weighted by Crippen LogP contribution is -2.33. The lowest BCUT2D eigenvalue weighted by molar-refractivity contribution is 0.142. The average Bonchev–Trinajstić information content (AvgIpc) is 3.13. The maximum atomic E-state index is 8.58. The van der Waals surface area contributed by atoms with Gasteiger partial charge in [-0.1, -0.05) is 0 Å². The molecular formula is C12H14N8O2S. The number of thiazole rings is 1. The third kappa shape index (κ3) is 4.70. The van der Waals surface area contributed by atoms with Gasteiger partial charge in [-0.25, -0.2) is 15.5 Å². The molecule has 23 heavy (non-hydrogen) atoms. The minimum Gasteiger partial charge on any atom is -0.457 e. The van der Waals surface area contributed by atoms with Crippen LogP contribution < -0.4 is 22.3 Å². The molecule has 11 heteroatoms. The summed E-state index contributed by atoms with van der Waals surface area (Å²) in [6, 6.07) is 3.52. The van der Waals surface area contributed by atoms with E-state index in [1.807, 2.05) is 0 Å². The zero-order valence-electron chi connectivity index (χ0n) is 12.1. The van der Waals surface area contributed by atoms with E-state index in [0.29, 0.717) is 22.3 Å². The number of rotatable bonds is 5. The van der Waals surface area contributed by atoms with Crippen LogP contribution in [-0.2, 0) is 11.4 Å². The molecule has 0 aliphatic rings. The number of nitrogens with one attached hydrogen (secondary N) is 2. The molecule has 0 aromatic carbocycles. The van der Waals surface area contributed by atoms with Crippen molar-refractivity contribution in [1.82, 2.24) is 15.8 Å². The number of hydrogen-bond acceptors (Lipinski definition) is 7. The van der Waals surface area contributed by atoms with Crippen LogP contribution in [0.25, 0.3) is 11.5 Å². The number of aliphatic imine (C=N–C) groups is 2. The summed E-state index contributed by atoms with van der Waals surface area (Å²) >= 11 is 1.29. The van der Waals surface area contributed by atoms with Crippen molar-refractivity contribution < 1.29 is 9.25 Å². The first-order chi connectivity index (χ1) is 11.1. The molecule has 2 aromatic heterocycles. The molecule has 0 radical (unpaired) electrons. The van der Waals surface area contributed by atoms with Gasteiger partial charge in [0.2, 0.25) is 11.1 Å². The van der Waals surface area contributed by atoms with Crippen molar-refractivity contribution in [1.29, 1.82) is 5.26 Å². The zero-order valence-corrected chi connectivity index (χ0v) is 12.9. The van der Waals surface area contributed by atoms with Crippen LogP contribution in [0.15, 0.2) is 31.9 Å². The molecule has 0 saturated heterocycles. The van der Waals surface area contributed by atoms with Gasteiger partial charge in [-0.3, -0.25) is 10.2 Å². The maximum Gasteiger partial charge on any atom is 0.229 e. The lowest BCUT2D eigenvalue weighted by Gasteiger charge is -2.03. The lowest BCUT2D eigenvalue weighted by atomic mass is 10.3. The molecule has 0 aliphatic heterocycles. The van der Waals surface area contributed by atoms with Crippen molar-refractivity contribution in [2.45, 2.75) is 6.54 Å². The summed E-state index contributed by atoms with van der Waals surface area (Å²) in [5, 5.41) is 13.1. The Bertz CT molecular complexity index is 753. The number of nitrogens with zero attached hydrogens (tertiary/aromatic N) is 4. The van der Waals surface area contributed by atoms with Gasteiger partial charge in [0.1, 0.15) is 18.0 Å². The highest BCUT2D eigenvalue weighted by molar-refractivity contribution is 7.13. The van der Waals surface area contributed by atoms with Gasteiger partial charge in [0, 0.05) is 5.38 Å². The summed E-state index contributed by atoms with van der Waals surface area (Å²) in [4.78, 5) is 16.9. The van der Waals surface area contributed by atoms with E-state index in [1.54, 1.807) is 23.7 Å². The van der Waals surface area contributed by atoms with Crippen LogP contribution in [0.2, 0.25) is 0 Å². The van der Waals surface area contributed by atoms with Gasteiger partial charge < -0.3 is 15.9 Å². The van der Waals surface area contributed by atoms with Crippen molar-refractivity contribution >= 4 is 28.4 Å². The van der Waals surface area contributed by atoms with E-state index in [4.69, 9.17) is 21.1 Å². The van der Waals surface area contributed by atoms with Crippen molar-refractivity contribution in [3.05, 3.63) is 23.3 Å². The van der Waals surface area contributed by atoms with Crippen LogP contribution in [0.4, 0.5) is 5.13 Å². The Morgan fingerprint density at radius 3 is 3.04 bits per heavy atom. The van der Waals surface area contributed by atoms with Crippen LogP contribution in [0, 0.1) is 11.5 Å². The van der Waals surface area contributed by atoms with Gasteiger partial charge in [0.25, 0.3) is 0 Å². The molecule has 0 spiro atoms. The SMILES string of the molecule is CONC(=NCc1ccc(-c2csc(N=C(N)N)n2)o1)NC#N. The second-order valence-electron chi connectivity index (χ2n) is 4.03. The van der Waals surface area contributed by atoms with Crippen molar-refractivity contribution in [2.75, 3.05) is 7.11 Å². The van der Waals surface area contributed by atoms with E-state index in [2.05, 4.69) is 30.6 Å². The Balaban J connectivity index is 2.08. The highest BCUT2D eigenvalue weighted by Gasteiger charge is 2.09. The Morgan fingerprint density at radius 1 is 1.52 bits per heavy atom. The molecule has 0 amide bonds. The fraction of sp³-hybridized carbons (Fsp3) is 0.167. The summed E-state index contributed by atoms with van der Waals surface area (Å²) in [6.45, 7) is 0.214. The Kier molecular flexibility index (Phi) is 5.50. The summed E-state index contributed by atoms with van der Waals surface area (Å²) < 4.78 is 5.64. The summed E-state index contributed by atoms with van der Waals surface area (Å²) in [5.41, 5.74) is 13.7. The predicted octanol–water partition coefficient (Wildman–Crippen LogP) is 0.386. The normalized spacial score (nSPS) is 10.9. The molecular weight excluding hydrogens is 320 g/mol. The van der Waals surface area contributed by atoms with Crippen molar-refractivity contribution in [3.8, 4) is 17.6 Å². The standard InChI is InChI=1S/C12H14N8O2S/c1-21-20-11(17-6-13)16-4-7-2-3-9(22-7)8-5-23-12(18-8)19-10(14)15/h2-3,5H,4H2,1H3,(H2,16,17,20)(H4,14,15,18,19). The van der Waals surface area contributed by atoms with Gasteiger partial charge >= 0.3 is 0 Å². The highest BCUT2D eigenvalue weighted by atomic mass is 32.1. The zero-order chi connectivity index (χ0) is 16.7. The van der Waals surface area contributed by atoms with E-state index in [0.717, 1.165) is 0 Å². The number of guanidine groups is 2. The van der Waals surface area contributed by atoms with Gasteiger partial charge in [0.05, 0.1) is 7.11 Å². The number of furan rings is 1. The van der Waals surface area contributed by atoms with Crippen LogP contribution in [-0.4, -0.2) is 24.0 Å². The number of aromatic nitrogens is 1. The second kappa shape index (κ2) is 7.78. The number of hydrogen-bond donors (Lipinski definition) is 4. The first kappa shape index (κ1) is 16.3. The van der Waals surface area contributed by atoms with E-state index in [9.17, 15) is 0 Å². The molecule has 0 fully saturated rings. The smallest absolute Gasteiger partial charge is 0.229 e.